The molecule has 0 unspecified atom stereocenters. The fourth-order valence-electron chi connectivity index (χ4n) is 2.71. The Morgan fingerprint density at radius 2 is 1.83 bits per heavy atom. The summed E-state index contributed by atoms with van der Waals surface area (Å²) in [6, 6.07) is 13.2. The molecule has 0 saturated heterocycles. The fraction of sp³-hybridized carbons (Fsp3) is 0.222. The number of aryl methyl sites for hydroxylation is 1. The molecule has 0 atom stereocenters. The SMILES string of the molecule is Cc1nc2ccccc2n1CCNC(=O)Cc1c(Cl)cccc1Cl. The van der Waals surface area contributed by atoms with Crippen molar-refractivity contribution in [3.63, 3.8) is 0 Å². The van der Waals surface area contributed by atoms with Crippen molar-refractivity contribution >= 4 is 40.1 Å². The predicted molar refractivity (Wildman–Crippen MR) is 97.6 cm³/mol. The van der Waals surface area contributed by atoms with E-state index in [4.69, 9.17) is 23.2 Å². The van der Waals surface area contributed by atoms with Gasteiger partial charge in [0.25, 0.3) is 0 Å². The number of carbonyl (C=O) groups is 1. The molecule has 0 aliphatic heterocycles. The van der Waals surface area contributed by atoms with Crippen molar-refractivity contribution in [1.29, 1.82) is 0 Å². The molecule has 4 nitrogen and oxygen atoms in total. The van der Waals surface area contributed by atoms with E-state index >= 15 is 0 Å². The molecule has 0 aliphatic rings. The second-order valence-corrected chi connectivity index (χ2v) is 6.34. The van der Waals surface area contributed by atoms with Gasteiger partial charge in [0, 0.05) is 23.1 Å². The van der Waals surface area contributed by atoms with Crippen LogP contribution in [0.3, 0.4) is 0 Å². The molecule has 0 fully saturated rings. The molecular formula is C18H17Cl2N3O. The summed E-state index contributed by atoms with van der Waals surface area (Å²) >= 11 is 12.2. The van der Waals surface area contributed by atoms with Crippen molar-refractivity contribution in [1.82, 2.24) is 14.9 Å². The maximum Gasteiger partial charge on any atom is 0.224 e. The Balaban J connectivity index is 1.62. The average Bonchev–Trinajstić information content (AvgIpc) is 2.87. The van der Waals surface area contributed by atoms with Crippen molar-refractivity contribution in [3.05, 3.63) is 63.9 Å². The number of benzene rings is 2. The van der Waals surface area contributed by atoms with Crippen LogP contribution in [-0.2, 0) is 17.8 Å². The van der Waals surface area contributed by atoms with Gasteiger partial charge in [0.2, 0.25) is 5.91 Å². The number of hydrogen-bond donors (Lipinski definition) is 1. The van der Waals surface area contributed by atoms with Crippen LogP contribution in [0.1, 0.15) is 11.4 Å². The molecule has 1 N–H and O–H groups in total. The molecule has 24 heavy (non-hydrogen) atoms. The van der Waals surface area contributed by atoms with E-state index in [1.165, 1.54) is 0 Å². The molecule has 2 aromatic carbocycles. The second-order valence-electron chi connectivity index (χ2n) is 5.53. The van der Waals surface area contributed by atoms with Gasteiger partial charge in [-0.15, -0.1) is 0 Å². The highest BCUT2D eigenvalue weighted by atomic mass is 35.5. The van der Waals surface area contributed by atoms with Gasteiger partial charge >= 0.3 is 0 Å². The lowest BCUT2D eigenvalue weighted by Crippen LogP contribution is -2.29. The van der Waals surface area contributed by atoms with Gasteiger partial charge in [0.1, 0.15) is 5.82 Å². The number of amides is 1. The van der Waals surface area contributed by atoms with Crippen LogP contribution in [-0.4, -0.2) is 22.0 Å². The molecule has 6 heteroatoms. The summed E-state index contributed by atoms with van der Waals surface area (Å²) in [6.07, 6.45) is 0.169. The number of imidazole rings is 1. The molecule has 1 amide bonds. The Kier molecular flexibility index (Phi) is 5.07. The minimum absolute atomic E-state index is 0.105. The first-order valence-corrected chi connectivity index (χ1v) is 8.43. The molecule has 0 radical (unpaired) electrons. The van der Waals surface area contributed by atoms with Crippen LogP contribution in [0.4, 0.5) is 0 Å². The maximum absolute atomic E-state index is 12.1. The van der Waals surface area contributed by atoms with Gasteiger partial charge in [-0.05, 0) is 36.8 Å². The maximum atomic E-state index is 12.1. The quantitative estimate of drug-likeness (QED) is 0.746. The van der Waals surface area contributed by atoms with Gasteiger partial charge in [-0.3, -0.25) is 4.79 Å². The van der Waals surface area contributed by atoms with E-state index in [0.29, 0.717) is 28.7 Å². The fourth-order valence-corrected chi connectivity index (χ4v) is 3.24. The third-order valence-corrected chi connectivity index (χ3v) is 4.61. The smallest absolute Gasteiger partial charge is 0.224 e. The lowest BCUT2D eigenvalue weighted by atomic mass is 10.1. The van der Waals surface area contributed by atoms with Crippen molar-refractivity contribution in [2.75, 3.05) is 6.54 Å². The van der Waals surface area contributed by atoms with E-state index in [9.17, 15) is 4.79 Å². The summed E-state index contributed by atoms with van der Waals surface area (Å²) < 4.78 is 2.10. The summed E-state index contributed by atoms with van der Waals surface area (Å²) in [5, 5.41) is 3.93. The van der Waals surface area contributed by atoms with Gasteiger partial charge in [-0.25, -0.2) is 4.98 Å². The third kappa shape index (κ3) is 3.55. The first kappa shape index (κ1) is 16.8. The van der Waals surface area contributed by atoms with E-state index in [1.807, 2.05) is 31.2 Å². The third-order valence-electron chi connectivity index (χ3n) is 3.90. The van der Waals surface area contributed by atoms with E-state index < -0.39 is 0 Å². The topological polar surface area (TPSA) is 46.9 Å². The predicted octanol–water partition coefficient (Wildman–Crippen LogP) is 4.01. The zero-order valence-electron chi connectivity index (χ0n) is 13.2. The van der Waals surface area contributed by atoms with Crippen LogP contribution in [0.15, 0.2) is 42.5 Å². The number of nitrogens with one attached hydrogen (secondary N) is 1. The summed E-state index contributed by atoms with van der Waals surface area (Å²) in [5.41, 5.74) is 2.69. The molecule has 1 aromatic heterocycles. The van der Waals surface area contributed by atoms with E-state index in [-0.39, 0.29) is 12.3 Å². The zero-order valence-corrected chi connectivity index (χ0v) is 14.7. The van der Waals surface area contributed by atoms with E-state index in [2.05, 4.69) is 14.9 Å². The van der Waals surface area contributed by atoms with Crippen LogP contribution >= 0.6 is 23.2 Å². The number of aromatic nitrogens is 2. The number of nitrogens with zero attached hydrogens (tertiary/aromatic N) is 2. The number of rotatable bonds is 5. The molecular weight excluding hydrogens is 345 g/mol. The van der Waals surface area contributed by atoms with Crippen LogP contribution in [0.5, 0.6) is 0 Å². The lowest BCUT2D eigenvalue weighted by Gasteiger charge is -2.10. The largest absolute Gasteiger partial charge is 0.354 e. The first-order valence-electron chi connectivity index (χ1n) is 7.67. The van der Waals surface area contributed by atoms with Gasteiger partial charge < -0.3 is 9.88 Å². The Labute approximate surface area is 150 Å². The zero-order chi connectivity index (χ0) is 17.1. The minimum atomic E-state index is -0.105. The van der Waals surface area contributed by atoms with Crippen LogP contribution in [0, 0.1) is 6.92 Å². The standard InChI is InChI=1S/C18H17Cl2N3O/c1-12-22-16-7-2-3-8-17(16)23(12)10-9-21-18(24)11-13-14(19)5-4-6-15(13)20/h2-8H,9-11H2,1H3,(H,21,24). The molecule has 0 saturated carbocycles. The highest BCUT2D eigenvalue weighted by Gasteiger charge is 2.11. The van der Waals surface area contributed by atoms with Crippen LogP contribution in [0.2, 0.25) is 10.0 Å². The van der Waals surface area contributed by atoms with E-state index in [1.54, 1.807) is 18.2 Å². The normalized spacial score (nSPS) is 11.0. The van der Waals surface area contributed by atoms with Crippen molar-refractivity contribution in [3.8, 4) is 0 Å². The van der Waals surface area contributed by atoms with Gasteiger partial charge in [0.15, 0.2) is 0 Å². The highest BCUT2D eigenvalue weighted by molar-refractivity contribution is 6.36. The molecule has 3 rings (SSSR count). The monoisotopic (exact) mass is 361 g/mol. The Hall–Kier alpha value is -2.04. The summed E-state index contributed by atoms with van der Waals surface area (Å²) in [6.45, 7) is 3.14. The molecule has 0 aliphatic carbocycles. The molecule has 1 heterocycles. The Morgan fingerprint density at radius 3 is 2.58 bits per heavy atom. The first-order chi connectivity index (χ1) is 11.6. The molecule has 0 spiro atoms. The van der Waals surface area contributed by atoms with Crippen molar-refractivity contribution in [2.45, 2.75) is 19.9 Å². The number of para-hydroxylation sites is 2. The molecule has 124 valence electrons. The van der Waals surface area contributed by atoms with E-state index in [0.717, 1.165) is 16.9 Å². The summed E-state index contributed by atoms with van der Waals surface area (Å²) in [7, 11) is 0. The Bertz CT molecular complexity index is 869. The van der Waals surface area contributed by atoms with Gasteiger partial charge in [-0.1, -0.05) is 41.4 Å². The van der Waals surface area contributed by atoms with Crippen molar-refractivity contribution < 1.29 is 4.79 Å². The lowest BCUT2D eigenvalue weighted by molar-refractivity contribution is -0.120. The summed E-state index contributed by atoms with van der Waals surface area (Å²) in [4.78, 5) is 16.7. The van der Waals surface area contributed by atoms with Gasteiger partial charge in [0.05, 0.1) is 17.5 Å². The number of fused-ring (bicyclic) bond motifs is 1. The molecule has 3 aromatic rings. The van der Waals surface area contributed by atoms with Gasteiger partial charge in [-0.2, -0.15) is 0 Å². The molecule has 0 bridgehead atoms. The van der Waals surface area contributed by atoms with Crippen molar-refractivity contribution in [2.24, 2.45) is 0 Å². The second kappa shape index (κ2) is 7.24. The number of hydrogen-bond acceptors (Lipinski definition) is 2. The van der Waals surface area contributed by atoms with Crippen LogP contribution in [0.25, 0.3) is 11.0 Å². The van der Waals surface area contributed by atoms with Crippen LogP contribution < -0.4 is 5.32 Å². The minimum Gasteiger partial charge on any atom is -0.354 e. The number of halogens is 2. The summed E-state index contributed by atoms with van der Waals surface area (Å²) in [5.74, 6) is 0.826. The average molecular weight is 362 g/mol. The number of carbonyl (C=O) groups excluding carboxylic acids is 1. The Morgan fingerprint density at radius 1 is 1.12 bits per heavy atom. The highest BCUT2D eigenvalue weighted by Crippen LogP contribution is 2.24.